The third-order valence-electron chi connectivity index (χ3n) is 8.06. The quantitative estimate of drug-likeness (QED) is 0.329. The largest absolute Gasteiger partial charge is 0.461 e. The molecule has 0 aromatic rings. The highest BCUT2D eigenvalue weighted by atomic mass is 16.6. The lowest BCUT2D eigenvalue weighted by Crippen LogP contribution is -2.59. The number of esters is 1. The van der Waals surface area contributed by atoms with Gasteiger partial charge in [0.15, 0.2) is 0 Å². The average Bonchev–Trinajstić information content (AvgIpc) is 3.08. The van der Waals surface area contributed by atoms with E-state index in [2.05, 4.69) is 6.92 Å². The highest BCUT2D eigenvalue weighted by Crippen LogP contribution is 2.58. The Morgan fingerprint density at radius 3 is 2.50 bits per heavy atom. The number of carbonyl (C=O) groups excluding carboxylic acids is 3. The SMILES string of the molecule is CCCCCN1CC=C[C@]23O[C@]4(CC)C=CCOC(=O)[C@@H]4[C@H]2C(=O)N([C@@H](CO)C(C)C)C3C1=O. The molecule has 188 valence electrons. The van der Waals surface area contributed by atoms with Gasteiger partial charge in [0.25, 0.3) is 0 Å². The molecule has 0 aromatic heterocycles. The van der Waals surface area contributed by atoms with E-state index in [1.165, 1.54) is 4.90 Å². The van der Waals surface area contributed by atoms with Crippen LogP contribution in [0.2, 0.25) is 0 Å². The smallest absolute Gasteiger partial charge is 0.313 e. The van der Waals surface area contributed by atoms with E-state index in [1.54, 1.807) is 11.0 Å². The van der Waals surface area contributed by atoms with Gasteiger partial charge in [0, 0.05) is 13.1 Å². The van der Waals surface area contributed by atoms with E-state index < -0.39 is 41.1 Å². The summed E-state index contributed by atoms with van der Waals surface area (Å²) in [6.07, 6.45) is 10.7. The van der Waals surface area contributed by atoms with Gasteiger partial charge in [-0.1, -0.05) is 58.8 Å². The van der Waals surface area contributed by atoms with Crippen molar-refractivity contribution in [2.75, 3.05) is 26.3 Å². The number of rotatable bonds is 8. The van der Waals surface area contributed by atoms with Gasteiger partial charge in [0.05, 0.1) is 18.6 Å². The molecule has 1 spiro atoms. The maximum atomic E-state index is 14.1. The van der Waals surface area contributed by atoms with E-state index in [9.17, 15) is 19.5 Å². The summed E-state index contributed by atoms with van der Waals surface area (Å²) in [5.41, 5.74) is -2.32. The van der Waals surface area contributed by atoms with Crippen molar-refractivity contribution in [3.8, 4) is 0 Å². The van der Waals surface area contributed by atoms with Crippen LogP contribution in [0.3, 0.4) is 0 Å². The standard InChI is InChI=1S/C26H38N2O6/c1-5-7-8-13-27-14-9-12-26-19(20-24(32)33-15-10-11-25(20,6-2)34-26)22(30)28(21(26)23(27)31)18(16-29)17(3)4/h9-12,17-21,29H,5-8,13-16H2,1-4H3/t18-,19-,20-,21?,25+,26-/m0/s1. The van der Waals surface area contributed by atoms with Gasteiger partial charge < -0.3 is 24.4 Å². The van der Waals surface area contributed by atoms with E-state index in [0.29, 0.717) is 19.5 Å². The number of ether oxygens (including phenoxy) is 2. The van der Waals surface area contributed by atoms with Crippen molar-refractivity contribution in [3.05, 3.63) is 24.3 Å². The third kappa shape index (κ3) is 3.61. The van der Waals surface area contributed by atoms with Crippen LogP contribution in [0.1, 0.15) is 53.4 Å². The van der Waals surface area contributed by atoms with Gasteiger partial charge in [0.1, 0.15) is 29.8 Å². The van der Waals surface area contributed by atoms with Crippen LogP contribution < -0.4 is 0 Å². The lowest BCUT2D eigenvalue weighted by Gasteiger charge is -2.41. The van der Waals surface area contributed by atoms with Crippen LogP contribution in [-0.4, -0.2) is 82.3 Å². The van der Waals surface area contributed by atoms with Crippen molar-refractivity contribution >= 4 is 17.8 Å². The van der Waals surface area contributed by atoms with Crippen molar-refractivity contribution in [1.82, 2.24) is 9.80 Å². The topological polar surface area (TPSA) is 96.4 Å². The Labute approximate surface area is 201 Å². The first-order chi connectivity index (χ1) is 16.3. The number of cyclic esters (lactones) is 1. The van der Waals surface area contributed by atoms with Crippen molar-refractivity contribution in [2.24, 2.45) is 17.8 Å². The van der Waals surface area contributed by atoms with Crippen LogP contribution in [0, 0.1) is 17.8 Å². The molecule has 8 heteroatoms. The van der Waals surface area contributed by atoms with Gasteiger partial charge in [-0.15, -0.1) is 0 Å². The molecule has 4 aliphatic rings. The molecule has 2 fully saturated rings. The van der Waals surface area contributed by atoms with Crippen molar-refractivity contribution in [1.29, 1.82) is 0 Å². The number of hydrogen-bond acceptors (Lipinski definition) is 6. The summed E-state index contributed by atoms with van der Waals surface area (Å²) in [5, 5.41) is 10.3. The van der Waals surface area contributed by atoms with E-state index >= 15 is 0 Å². The Kier molecular flexibility index (Phi) is 6.93. The highest BCUT2D eigenvalue weighted by molar-refractivity contribution is 5.99. The molecule has 4 heterocycles. The molecule has 0 radical (unpaired) electrons. The van der Waals surface area contributed by atoms with Crippen molar-refractivity contribution < 1.29 is 29.0 Å². The molecule has 1 N–H and O–H groups in total. The predicted molar refractivity (Wildman–Crippen MR) is 126 cm³/mol. The molecule has 0 saturated carbocycles. The minimum atomic E-state index is -1.29. The normalized spacial score (nSPS) is 35.7. The minimum absolute atomic E-state index is 0.0877. The van der Waals surface area contributed by atoms with Gasteiger partial charge in [-0.25, -0.2) is 0 Å². The Morgan fingerprint density at radius 2 is 1.85 bits per heavy atom. The first-order valence-corrected chi connectivity index (χ1v) is 12.7. The zero-order valence-electron chi connectivity index (χ0n) is 20.7. The fourth-order valence-electron chi connectivity index (χ4n) is 6.31. The van der Waals surface area contributed by atoms with E-state index in [0.717, 1.165) is 19.3 Å². The number of carbonyl (C=O) groups is 3. The van der Waals surface area contributed by atoms with E-state index in [4.69, 9.17) is 9.47 Å². The summed E-state index contributed by atoms with van der Waals surface area (Å²) < 4.78 is 12.2. The molecular weight excluding hydrogens is 436 g/mol. The van der Waals surface area contributed by atoms with Crippen molar-refractivity contribution in [3.63, 3.8) is 0 Å². The fraction of sp³-hybridized carbons (Fsp3) is 0.731. The summed E-state index contributed by atoms with van der Waals surface area (Å²) in [5.74, 6) is -2.81. The third-order valence-corrected chi connectivity index (χ3v) is 8.06. The molecule has 2 saturated heterocycles. The van der Waals surface area contributed by atoms with Gasteiger partial charge in [-0.05, 0) is 24.8 Å². The molecule has 1 unspecified atom stereocenters. The molecule has 0 bridgehead atoms. The molecule has 8 nitrogen and oxygen atoms in total. The van der Waals surface area contributed by atoms with Gasteiger partial charge in [0.2, 0.25) is 11.8 Å². The summed E-state index contributed by atoms with van der Waals surface area (Å²) >= 11 is 0. The number of unbranched alkanes of at least 4 members (excludes halogenated alkanes) is 2. The number of amides is 2. The molecular formula is C26H38N2O6. The number of fused-ring (bicyclic) bond motifs is 2. The molecule has 0 aromatic carbocycles. The summed E-state index contributed by atoms with van der Waals surface area (Å²) in [4.78, 5) is 44.8. The van der Waals surface area contributed by atoms with Gasteiger partial charge in [-0.3, -0.25) is 14.4 Å². The predicted octanol–water partition coefficient (Wildman–Crippen LogP) is 2.07. The molecule has 2 amide bonds. The molecule has 0 aliphatic carbocycles. The van der Waals surface area contributed by atoms with Crippen LogP contribution in [0.15, 0.2) is 24.3 Å². The number of aliphatic hydroxyl groups is 1. The van der Waals surface area contributed by atoms with Crippen molar-refractivity contribution in [2.45, 2.75) is 76.7 Å². The number of hydrogen-bond donors (Lipinski definition) is 1. The van der Waals surface area contributed by atoms with E-state index in [1.807, 2.05) is 39.0 Å². The highest BCUT2D eigenvalue weighted by Gasteiger charge is 2.76. The van der Waals surface area contributed by atoms with Crippen LogP contribution in [0.25, 0.3) is 0 Å². The Balaban J connectivity index is 1.86. The van der Waals surface area contributed by atoms with Crippen LogP contribution >= 0.6 is 0 Å². The zero-order chi connectivity index (χ0) is 24.7. The first kappa shape index (κ1) is 24.9. The molecule has 4 aliphatic heterocycles. The lowest BCUT2D eigenvalue weighted by atomic mass is 9.73. The van der Waals surface area contributed by atoms with Crippen LogP contribution in [0.4, 0.5) is 0 Å². The van der Waals surface area contributed by atoms with Gasteiger partial charge >= 0.3 is 5.97 Å². The molecule has 6 atom stereocenters. The number of likely N-dealkylation sites (tertiary alicyclic amines) is 1. The number of aliphatic hydroxyl groups excluding tert-OH is 1. The lowest BCUT2D eigenvalue weighted by molar-refractivity contribution is -0.162. The van der Waals surface area contributed by atoms with Crippen LogP contribution in [-0.2, 0) is 23.9 Å². The summed E-state index contributed by atoms with van der Waals surface area (Å²) in [6.45, 7) is 8.75. The Hall–Kier alpha value is -2.19. The fourth-order valence-corrected chi connectivity index (χ4v) is 6.31. The molecule has 34 heavy (non-hydrogen) atoms. The van der Waals surface area contributed by atoms with Crippen LogP contribution in [0.5, 0.6) is 0 Å². The Morgan fingerprint density at radius 1 is 1.09 bits per heavy atom. The maximum Gasteiger partial charge on any atom is 0.313 e. The zero-order valence-corrected chi connectivity index (χ0v) is 20.7. The Bertz CT molecular complexity index is 885. The second-order valence-corrected chi connectivity index (χ2v) is 10.3. The average molecular weight is 475 g/mol. The second-order valence-electron chi connectivity index (χ2n) is 10.3. The summed E-state index contributed by atoms with van der Waals surface area (Å²) in [7, 11) is 0. The monoisotopic (exact) mass is 474 g/mol. The second kappa shape index (κ2) is 9.46. The maximum absolute atomic E-state index is 14.1. The first-order valence-electron chi connectivity index (χ1n) is 12.7. The molecule has 4 rings (SSSR count). The minimum Gasteiger partial charge on any atom is -0.461 e. The summed E-state index contributed by atoms with van der Waals surface area (Å²) in [6, 6.07) is -1.51. The number of nitrogens with zero attached hydrogens (tertiary/aromatic N) is 2. The van der Waals surface area contributed by atoms with Gasteiger partial charge in [-0.2, -0.15) is 0 Å². The van der Waals surface area contributed by atoms with E-state index in [-0.39, 0.29) is 30.9 Å².